The molecule has 1 fully saturated rings. The minimum Gasteiger partial charge on any atom is -0.454 e. The number of halogens is 2. The summed E-state index contributed by atoms with van der Waals surface area (Å²) in [5.74, 6) is -0.429. The van der Waals surface area contributed by atoms with E-state index in [0.717, 1.165) is 24.9 Å². The number of para-hydroxylation sites is 2. The van der Waals surface area contributed by atoms with Crippen molar-refractivity contribution in [2.75, 3.05) is 18.5 Å². The topological polar surface area (TPSA) is 49.9 Å². The average molecular weight is 547 g/mol. The van der Waals surface area contributed by atoms with E-state index in [4.69, 9.17) is 4.74 Å². The molecule has 0 unspecified atom stereocenters. The van der Waals surface area contributed by atoms with Crippen LogP contribution < -0.4 is 9.64 Å². The van der Waals surface area contributed by atoms with E-state index in [1.54, 1.807) is 43.4 Å². The van der Waals surface area contributed by atoms with Crippen molar-refractivity contribution in [1.29, 1.82) is 0 Å². The highest BCUT2D eigenvalue weighted by Gasteiger charge is 2.42. The predicted molar refractivity (Wildman–Crippen MR) is 148 cm³/mol. The molecular formula is C31H28F2N2O3S. The summed E-state index contributed by atoms with van der Waals surface area (Å²) in [4.78, 5) is 2.14. The number of sulfonamides is 1. The summed E-state index contributed by atoms with van der Waals surface area (Å²) in [6, 6.07) is 24.4. The smallest absolute Gasteiger partial charge is 0.245 e. The molecular weight excluding hydrogens is 518 g/mol. The molecule has 1 aliphatic carbocycles. The fourth-order valence-corrected chi connectivity index (χ4v) is 7.01. The lowest BCUT2D eigenvalue weighted by atomic mass is 9.79. The summed E-state index contributed by atoms with van der Waals surface area (Å²) in [5.41, 5.74) is 2.27. The van der Waals surface area contributed by atoms with Gasteiger partial charge in [-0.2, -0.15) is 4.31 Å². The van der Waals surface area contributed by atoms with Crippen LogP contribution in [0.4, 0.5) is 20.2 Å². The summed E-state index contributed by atoms with van der Waals surface area (Å²) < 4.78 is 64.4. The van der Waals surface area contributed by atoms with Gasteiger partial charge in [-0.1, -0.05) is 48.9 Å². The van der Waals surface area contributed by atoms with Crippen LogP contribution in [0.25, 0.3) is 11.1 Å². The number of nitrogens with zero attached hydrogens (tertiary/aromatic N) is 2. The van der Waals surface area contributed by atoms with Gasteiger partial charge in [0.1, 0.15) is 16.5 Å². The second kappa shape index (κ2) is 10.1. The van der Waals surface area contributed by atoms with Crippen molar-refractivity contribution in [1.82, 2.24) is 4.31 Å². The normalized spacial score (nSPS) is 19.2. The van der Waals surface area contributed by atoms with Gasteiger partial charge >= 0.3 is 0 Å². The van der Waals surface area contributed by atoms with Crippen molar-refractivity contribution in [2.45, 2.75) is 30.2 Å². The molecule has 0 spiro atoms. The average Bonchev–Trinajstić information content (AvgIpc) is 2.98. The van der Waals surface area contributed by atoms with E-state index in [1.165, 1.54) is 28.6 Å². The van der Waals surface area contributed by atoms with E-state index in [9.17, 15) is 17.2 Å². The molecule has 5 nitrogen and oxygen atoms in total. The fraction of sp³-hybridized carbons (Fsp3) is 0.226. The van der Waals surface area contributed by atoms with Gasteiger partial charge in [-0.05, 0) is 66.8 Å². The van der Waals surface area contributed by atoms with Crippen LogP contribution >= 0.6 is 0 Å². The number of benzene rings is 4. The molecule has 0 saturated heterocycles. The van der Waals surface area contributed by atoms with Crippen molar-refractivity contribution < 1.29 is 21.9 Å². The lowest BCUT2D eigenvalue weighted by Gasteiger charge is -2.39. The van der Waals surface area contributed by atoms with Gasteiger partial charge in [-0.3, -0.25) is 0 Å². The SMILES string of the molecule is CN1[C@H](C2CCC2)CN(c2ccccc2)c2cc(Oc3ccccc3F)c(-c3ccc(F)cc3)cc2S1(=O)=O. The molecule has 1 heterocycles. The quantitative estimate of drug-likeness (QED) is 0.262. The Kier molecular flexibility index (Phi) is 6.61. The maximum Gasteiger partial charge on any atom is 0.245 e. The highest BCUT2D eigenvalue weighted by molar-refractivity contribution is 7.89. The van der Waals surface area contributed by atoms with Crippen LogP contribution in [0.3, 0.4) is 0 Å². The zero-order valence-electron chi connectivity index (χ0n) is 21.4. The lowest BCUT2D eigenvalue weighted by molar-refractivity contribution is 0.185. The molecule has 200 valence electrons. The summed E-state index contributed by atoms with van der Waals surface area (Å²) >= 11 is 0. The lowest BCUT2D eigenvalue weighted by Crippen LogP contribution is -2.47. The Balaban J connectivity index is 1.60. The second-order valence-electron chi connectivity index (χ2n) is 10.1. The first-order valence-electron chi connectivity index (χ1n) is 13.0. The van der Waals surface area contributed by atoms with Crippen LogP contribution in [0, 0.1) is 17.6 Å². The molecule has 0 radical (unpaired) electrons. The highest BCUT2D eigenvalue weighted by Crippen LogP contribution is 2.47. The zero-order valence-corrected chi connectivity index (χ0v) is 22.2. The van der Waals surface area contributed by atoms with Gasteiger partial charge < -0.3 is 9.64 Å². The molecule has 4 aromatic carbocycles. The van der Waals surface area contributed by atoms with Crippen molar-refractivity contribution in [2.24, 2.45) is 5.92 Å². The van der Waals surface area contributed by atoms with E-state index < -0.39 is 21.7 Å². The summed E-state index contributed by atoms with van der Waals surface area (Å²) in [5, 5.41) is 0. The number of anilines is 2. The Hall–Kier alpha value is -3.75. The fourth-order valence-electron chi connectivity index (χ4n) is 5.41. The Bertz CT molecular complexity index is 1610. The number of rotatable bonds is 5. The molecule has 1 aliphatic heterocycles. The summed E-state index contributed by atoms with van der Waals surface area (Å²) in [6.45, 7) is 0.465. The van der Waals surface area contributed by atoms with E-state index in [-0.39, 0.29) is 28.4 Å². The van der Waals surface area contributed by atoms with Gasteiger partial charge in [-0.15, -0.1) is 0 Å². The Morgan fingerprint density at radius 2 is 1.54 bits per heavy atom. The van der Waals surface area contributed by atoms with E-state index >= 15 is 0 Å². The van der Waals surface area contributed by atoms with Gasteiger partial charge in [0.2, 0.25) is 10.0 Å². The number of hydrogen-bond acceptors (Lipinski definition) is 4. The summed E-state index contributed by atoms with van der Waals surface area (Å²) in [6.07, 6.45) is 3.04. The van der Waals surface area contributed by atoms with Crippen molar-refractivity contribution in [3.8, 4) is 22.6 Å². The van der Waals surface area contributed by atoms with Crippen LogP contribution in [0.5, 0.6) is 11.5 Å². The van der Waals surface area contributed by atoms with E-state index in [2.05, 4.69) is 0 Å². The summed E-state index contributed by atoms with van der Waals surface area (Å²) in [7, 11) is -2.27. The first-order valence-corrected chi connectivity index (χ1v) is 14.4. The third-order valence-corrected chi connectivity index (χ3v) is 9.73. The number of likely N-dealkylation sites (N-methyl/N-ethyl adjacent to an activating group) is 1. The van der Waals surface area contributed by atoms with Crippen LogP contribution in [0.2, 0.25) is 0 Å². The molecule has 0 aromatic heterocycles. The molecule has 0 bridgehead atoms. The minimum atomic E-state index is -3.92. The molecule has 2 aliphatic rings. The molecule has 0 N–H and O–H groups in total. The third-order valence-electron chi connectivity index (χ3n) is 7.82. The minimum absolute atomic E-state index is 0.00742. The second-order valence-corrected chi connectivity index (χ2v) is 12.0. The van der Waals surface area contributed by atoms with Gasteiger partial charge in [0.05, 0.1) is 5.69 Å². The molecule has 0 amide bonds. The largest absolute Gasteiger partial charge is 0.454 e. The van der Waals surface area contributed by atoms with Crippen LogP contribution in [-0.4, -0.2) is 32.4 Å². The standard InChI is InChI=1S/C31H28F2N2O3S/c1-34-28(22-8-7-9-22)20-35(24-10-3-2-4-11-24)27-19-30(38-29-13-6-5-12-26(29)33)25(18-31(27)39(34,36)37)21-14-16-23(32)17-15-21/h2-6,10-19,22,28H,7-9,20H2,1H3/t28-/m0/s1. The molecule has 6 rings (SSSR count). The maximum atomic E-state index is 14.7. The molecule has 4 aromatic rings. The van der Waals surface area contributed by atoms with Crippen molar-refractivity contribution in [3.63, 3.8) is 0 Å². The first kappa shape index (κ1) is 25.5. The predicted octanol–water partition coefficient (Wildman–Crippen LogP) is 7.37. The number of ether oxygens (including phenoxy) is 1. The van der Waals surface area contributed by atoms with E-state index in [0.29, 0.717) is 23.4 Å². The monoisotopic (exact) mass is 546 g/mol. The third kappa shape index (κ3) is 4.68. The molecule has 39 heavy (non-hydrogen) atoms. The highest BCUT2D eigenvalue weighted by atomic mass is 32.2. The Morgan fingerprint density at radius 3 is 2.21 bits per heavy atom. The van der Waals surface area contributed by atoms with Crippen LogP contribution in [-0.2, 0) is 10.0 Å². The Labute approximate surface area is 227 Å². The Morgan fingerprint density at radius 1 is 0.846 bits per heavy atom. The number of fused-ring (bicyclic) bond motifs is 1. The van der Waals surface area contributed by atoms with Gasteiger partial charge in [0, 0.05) is 37.0 Å². The molecule has 1 saturated carbocycles. The molecule has 1 atom stereocenters. The number of hydrogen-bond donors (Lipinski definition) is 0. The first-order chi connectivity index (χ1) is 18.8. The van der Waals surface area contributed by atoms with Gasteiger partial charge in [0.15, 0.2) is 11.6 Å². The van der Waals surface area contributed by atoms with Crippen LogP contribution in [0.1, 0.15) is 19.3 Å². The van der Waals surface area contributed by atoms with Gasteiger partial charge in [-0.25, -0.2) is 17.2 Å². The van der Waals surface area contributed by atoms with E-state index in [1.807, 2.05) is 35.2 Å². The van der Waals surface area contributed by atoms with Gasteiger partial charge in [0.25, 0.3) is 0 Å². The molecule has 8 heteroatoms. The van der Waals surface area contributed by atoms with Crippen molar-refractivity contribution in [3.05, 3.63) is 103 Å². The maximum absolute atomic E-state index is 14.7. The van der Waals surface area contributed by atoms with Crippen molar-refractivity contribution >= 4 is 21.4 Å². The van der Waals surface area contributed by atoms with Crippen LogP contribution in [0.15, 0.2) is 95.9 Å². The zero-order chi connectivity index (χ0) is 27.1.